The minimum atomic E-state index is -1.36. The van der Waals surface area contributed by atoms with E-state index in [4.69, 9.17) is 5.11 Å². The Labute approximate surface area is 57.4 Å². The molecule has 1 amide bonds. The summed E-state index contributed by atoms with van der Waals surface area (Å²) in [6.07, 6.45) is -1.71. The molecule has 0 saturated carbocycles. The van der Waals surface area contributed by atoms with E-state index in [1.54, 1.807) is 0 Å². The first-order valence-corrected chi connectivity index (χ1v) is 2.68. The van der Waals surface area contributed by atoms with Gasteiger partial charge >= 0.3 is 0 Å². The van der Waals surface area contributed by atoms with Gasteiger partial charge in [0.15, 0.2) is 0 Å². The summed E-state index contributed by atoms with van der Waals surface area (Å²) in [6, 6.07) is 0. The third-order valence-corrected chi connectivity index (χ3v) is 0.978. The van der Waals surface area contributed by atoms with Crippen molar-refractivity contribution in [3.63, 3.8) is 0 Å². The maximum Gasteiger partial charge on any atom is 0.220 e. The van der Waals surface area contributed by atoms with Crippen molar-refractivity contribution in [2.45, 2.75) is 12.5 Å². The van der Waals surface area contributed by atoms with Crippen LogP contribution >= 0.6 is 12.6 Å². The molecular formula is C4H7NO3S. The van der Waals surface area contributed by atoms with E-state index in [2.05, 4.69) is 18.4 Å². The summed E-state index contributed by atoms with van der Waals surface area (Å²) in [5.74, 6) is -0.718. The fraction of sp³-hybridized carbons (Fsp3) is 0.500. The Hall–Kier alpha value is -0.550. The molecule has 0 rings (SSSR count). The summed E-state index contributed by atoms with van der Waals surface area (Å²) in [5.41, 5.74) is 4.65. The average molecular weight is 149 g/mol. The first-order valence-electron chi connectivity index (χ1n) is 2.23. The summed E-state index contributed by atoms with van der Waals surface area (Å²) in [7, 11) is 0. The summed E-state index contributed by atoms with van der Waals surface area (Å²) in [6.45, 7) is 0. The highest BCUT2D eigenvalue weighted by Gasteiger charge is 2.12. The van der Waals surface area contributed by atoms with E-state index in [-0.39, 0.29) is 6.42 Å². The maximum atomic E-state index is 10.1. The number of carbonyl (C=O) groups excluding carboxylic acids is 2. The zero-order valence-corrected chi connectivity index (χ0v) is 5.47. The van der Waals surface area contributed by atoms with Crippen molar-refractivity contribution < 1.29 is 14.7 Å². The minimum absolute atomic E-state index is 0.359. The lowest BCUT2D eigenvalue weighted by atomic mass is 10.3. The van der Waals surface area contributed by atoms with Gasteiger partial charge in [-0.05, 0) is 0 Å². The fourth-order valence-corrected chi connectivity index (χ4v) is 0.369. The molecule has 0 aromatic rings. The largest absolute Gasteiger partial charge is 0.384 e. The number of thiol groups is 1. The SMILES string of the molecule is NC(=O)CC(O)C(=O)S. The molecule has 0 aromatic heterocycles. The number of aliphatic hydroxyl groups is 1. The van der Waals surface area contributed by atoms with Crippen LogP contribution in [0.4, 0.5) is 0 Å². The third-order valence-electron chi connectivity index (χ3n) is 0.680. The summed E-state index contributed by atoms with van der Waals surface area (Å²) in [4.78, 5) is 20.1. The summed E-state index contributed by atoms with van der Waals surface area (Å²) >= 11 is 3.27. The Morgan fingerprint density at radius 3 is 2.22 bits per heavy atom. The van der Waals surface area contributed by atoms with Crippen molar-refractivity contribution in [2.75, 3.05) is 0 Å². The lowest BCUT2D eigenvalue weighted by Gasteiger charge is -1.99. The monoisotopic (exact) mass is 149 g/mol. The number of primary amides is 1. The second-order valence-electron chi connectivity index (χ2n) is 1.52. The second-order valence-corrected chi connectivity index (χ2v) is 1.97. The van der Waals surface area contributed by atoms with Gasteiger partial charge in [-0.2, -0.15) is 0 Å². The van der Waals surface area contributed by atoms with Gasteiger partial charge in [0.1, 0.15) is 6.10 Å². The number of rotatable bonds is 3. The Kier molecular flexibility index (Phi) is 3.26. The molecule has 1 atom stereocenters. The van der Waals surface area contributed by atoms with Crippen LogP contribution in [0.5, 0.6) is 0 Å². The molecule has 0 saturated heterocycles. The van der Waals surface area contributed by atoms with Gasteiger partial charge in [0.05, 0.1) is 6.42 Å². The third kappa shape index (κ3) is 3.99. The van der Waals surface area contributed by atoms with Gasteiger partial charge in [0.2, 0.25) is 11.0 Å². The van der Waals surface area contributed by atoms with E-state index < -0.39 is 17.1 Å². The average Bonchev–Trinajstić information content (AvgIpc) is 1.63. The van der Waals surface area contributed by atoms with Crippen LogP contribution in [0.3, 0.4) is 0 Å². The highest BCUT2D eigenvalue weighted by molar-refractivity contribution is 7.96. The van der Waals surface area contributed by atoms with E-state index >= 15 is 0 Å². The first kappa shape index (κ1) is 8.45. The zero-order chi connectivity index (χ0) is 7.44. The van der Waals surface area contributed by atoms with Gasteiger partial charge in [-0.3, -0.25) is 9.59 Å². The van der Waals surface area contributed by atoms with Crippen molar-refractivity contribution in [3.8, 4) is 0 Å². The van der Waals surface area contributed by atoms with Crippen molar-refractivity contribution >= 4 is 23.7 Å². The number of nitrogens with two attached hydrogens (primary N) is 1. The normalized spacial score (nSPS) is 12.7. The first-order chi connectivity index (χ1) is 4.04. The van der Waals surface area contributed by atoms with Crippen LogP contribution < -0.4 is 5.73 Å². The smallest absolute Gasteiger partial charge is 0.220 e. The number of hydrogen-bond donors (Lipinski definition) is 3. The number of aliphatic hydroxyl groups excluding tert-OH is 1. The minimum Gasteiger partial charge on any atom is -0.384 e. The van der Waals surface area contributed by atoms with Crippen LogP contribution in [0, 0.1) is 0 Å². The Bertz CT molecular complexity index is 136. The fourth-order valence-electron chi connectivity index (χ4n) is 0.278. The van der Waals surface area contributed by atoms with E-state index in [1.807, 2.05) is 0 Å². The van der Waals surface area contributed by atoms with Gasteiger partial charge in [0, 0.05) is 0 Å². The Morgan fingerprint density at radius 1 is 1.67 bits per heavy atom. The molecule has 0 heterocycles. The van der Waals surface area contributed by atoms with Crippen LogP contribution in [0.1, 0.15) is 6.42 Å². The number of hydrogen-bond acceptors (Lipinski definition) is 3. The molecule has 0 aliphatic rings. The van der Waals surface area contributed by atoms with Gasteiger partial charge in [-0.25, -0.2) is 0 Å². The standard InChI is InChI=1S/C4H7NO3S/c5-3(7)1-2(6)4(8)9/h2,6H,1H2,(H2,5,7)(H,8,9). The lowest BCUT2D eigenvalue weighted by molar-refractivity contribution is -0.126. The lowest BCUT2D eigenvalue weighted by Crippen LogP contribution is -2.24. The quantitative estimate of drug-likeness (QED) is 0.435. The second kappa shape index (κ2) is 3.47. The molecule has 0 aromatic carbocycles. The van der Waals surface area contributed by atoms with Crippen molar-refractivity contribution in [3.05, 3.63) is 0 Å². The van der Waals surface area contributed by atoms with Gasteiger partial charge in [-0.15, -0.1) is 12.6 Å². The van der Waals surface area contributed by atoms with E-state index in [1.165, 1.54) is 0 Å². The van der Waals surface area contributed by atoms with E-state index in [9.17, 15) is 9.59 Å². The number of amides is 1. The zero-order valence-electron chi connectivity index (χ0n) is 4.57. The van der Waals surface area contributed by atoms with Crippen LogP contribution in [0.25, 0.3) is 0 Å². The molecule has 0 bridgehead atoms. The highest BCUT2D eigenvalue weighted by Crippen LogP contribution is 1.94. The Balaban J connectivity index is 3.63. The highest BCUT2D eigenvalue weighted by atomic mass is 32.1. The van der Waals surface area contributed by atoms with Gasteiger partial charge in [0.25, 0.3) is 0 Å². The van der Waals surface area contributed by atoms with Crippen molar-refractivity contribution in [2.24, 2.45) is 5.73 Å². The van der Waals surface area contributed by atoms with Crippen molar-refractivity contribution in [1.29, 1.82) is 0 Å². The summed E-state index contributed by atoms with van der Waals surface area (Å²) in [5, 5.41) is 7.83. The Morgan fingerprint density at radius 2 is 2.11 bits per heavy atom. The predicted octanol–water partition coefficient (Wildman–Crippen LogP) is -1.32. The van der Waals surface area contributed by atoms with Crippen LogP contribution in [-0.2, 0) is 9.59 Å². The molecule has 1 unspecified atom stereocenters. The molecule has 5 heteroatoms. The van der Waals surface area contributed by atoms with Crippen LogP contribution in [0.15, 0.2) is 0 Å². The molecule has 0 aliphatic heterocycles. The molecule has 0 aliphatic carbocycles. The van der Waals surface area contributed by atoms with E-state index in [0.717, 1.165) is 0 Å². The molecule has 4 nitrogen and oxygen atoms in total. The molecule has 0 fully saturated rings. The van der Waals surface area contributed by atoms with Crippen molar-refractivity contribution in [1.82, 2.24) is 0 Å². The van der Waals surface area contributed by atoms with Gasteiger partial charge < -0.3 is 10.8 Å². The molecule has 52 valence electrons. The molecular weight excluding hydrogens is 142 g/mol. The van der Waals surface area contributed by atoms with Gasteiger partial charge in [-0.1, -0.05) is 0 Å². The molecule has 3 N–H and O–H groups in total. The molecule has 0 radical (unpaired) electrons. The molecule has 0 spiro atoms. The maximum absolute atomic E-state index is 10.1. The van der Waals surface area contributed by atoms with E-state index in [0.29, 0.717) is 0 Å². The predicted molar refractivity (Wildman–Crippen MR) is 33.8 cm³/mol. The van der Waals surface area contributed by atoms with Crippen LogP contribution in [0.2, 0.25) is 0 Å². The molecule has 9 heavy (non-hydrogen) atoms. The van der Waals surface area contributed by atoms with Crippen LogP contribution in [-0.4, -0.2) is 22.2 Å². The number of carbonyl (C=O) groups is 2. The topological polar surface area (TPSA) is 80.4 Å². The summed E-state index contributed by atoms with van der Waals surface area (Å²) < 4.78 is 0.